The third kappa shape index (κ3) is 2.80. The summed E-state index contributed by atoms with van der Waals surface area (Å²) in [4.78, 5) is 30.2. The standard InChI is InChI=1S/C21H32N2O2/c24-20(18-12-14-2-4-16(18)10-14)22-6-1-7-23(9-8-22)21(25)19-13-15-3-5-17(19)11-15/h14-19H,1-13H2/t14-,15-,16-,17-,18-,19-/m1/s1. The first kappa shape index (κ1) is 16.1. The largest absolute Gasteiger partial charge is 0.341 e. The Labute approximate surface area is 151 Å². The summed E-state index contributed by atoms with van der Waals surface area (Å²) < 4.78 is 0. The molecule has 4 heteroatoms. The maximum absolute atomic E-state index is 13.0. The molecule has 0 unspecified atom stereocenters. The lowest BCUT2D eigenvalue weighted by Crippen LogP contribution is -2.43. The molecule has 2 amide bonds. The number of fused-ring (bicyclic) bond motifs is 4. The average Bonchev–Trinajstić information content (AvgIpc) is 3.39. The number of carbonyl (C=O) groups is 2. The summed E-state index contributed by atoms with van der Waals surface area (Å²) in [5.41, 5.74) is 0. The zero-order valence-electron chi connectivity index (χ0n) is 15.4. The van der Waals surface area contributed by atoms with Gasteiger partial charge in [-0.25, -0.2) is 0 Å². The first-order valence-corrected chi connectivity index (χ1v) is 10.8. The second kappa shape index (κ2) is 6.28. The van der Waals surface area contributed by atoms with Gasteiger partial charge in [-0.3, -0.25) is 9.59 Å². The molecule has 5 fully saturated rings. The molecule has 5 rings (SSSR count). The van der Waals surface area contributed by atoms with Crippen molar-refractivity contribution in [3.63, 3.8) is 0 Å². The van der Waals surface area contributed by atoms with Crippen molar-refractivity contribution in [1.29, 1.82) is 0 Å². The summed E-state index contributed by atoms with van der Waals surface area (Å²) in [7, 11) is 0. The van der Waals surface area contributed by atoms with E-state index in [0.717, 1.165) is 57.3 Å². The van der Waals surface area contributed by atoms with Crippen molar-refractivity contribution in [1.82, 2.24) is 9.80 Å². The van der Waals surface area contributed by atoms with Crippen molar-refractivity contribution in [2.45, 2.75) is 57.8 Å². The first-order chi connectivity index (χ1) is 12.2. The van der Waals surface area contributed by atoms with Gasteiger partial charge in [0.05, 0.1) is 0 Å². The molecule has 6 atom stereocenters. The molecule has 5 aliphatic rings. The highest BCUT2D eigenvalue weighted by atomic mass is 16.2. The fourth-order valence-corrected chi connectivity index (χ4v) is 6.92. The van der Waals surface area contributed by atoms with Gasteiger partial charge >= 0.3 is 0 Å². The summed E-state index contributed by atoms with van der Waals surface area (Å²) in [5, 5.41) is 0. The van der Waals surface area contributed by atoms with E-state index in [2.05, 4.69) is 9.80 Å². The van der Waals surface area contributed by atoms with E-state index in [-0.39, 0.29) is 0 Å². The van der Waals surface area contributed by atoms with E-state index in [0.29, 0.717) is 35.5 Å². The monoisotopic (exact) mass is 344 g/mol. The number of amides is 2. The van der Waals surface area contributed by atoms with Gasteiger partial charge in [0.1, 0.15) is 0 Å². The minimum absolute atomic E-state index is 0.298. The SMILES string of the molecule is O=C([C@@H]1C[C@@H]2CC[C@@H]1C2)N1CCCN(C(=O)[C@@H]2C[C@@H]3CC[C@@H]2C3)CC1. The number of hydrogen-bond acceptors (Lipinski definition) is 2. The number of hydrogen-bond donors (Lipinski definition) is 0. The maximum Gasteiger partial charge on any atom is 0.226 e. The van der Waals surface area contributed by atoms with E-state index in [9.17, 15) is 9.59 Å². The molecule has 0 N–H and O–H groups in total. The summed E-state index contributed by atoms with van der Waals surface area (Å²) in [6.07, 6.45) is 11.0. The average molecular weight is 344 g/mol. The van der Waals surface area contributed by atoms with Gasteiger partial charge in [0.15, 0.2) is 0 Å². The summed E-state index contributed by atoms with van der Waals surface area (Å²) >= 11 is 0. The van der Waals surface area contributed by atoms with Crippen LogP contribution in [0.1, 0.15) is 57.8 Å². The Morgan fingerprint density at radius 1 is 0.600 bits per heavy atom. The Morgan fingerprint density at radius 2 is 1.08 bits per heavy atom. The Bertz CT molecular complexity index is 514. The summed E-state index contributed by atoms with van der Waals surface area (Å²) in [5.74, 6) is 4.37. The minimum Gasteiger partial charge on any atom is -0.341 e. The van der Waals surface area contributed by atoms with Crippen LogP contribution in [0.15, 0.2) is 0 Å². The molecule has 0 aromatic rings. The molecule has 0 spiro atoms. The number of nitrogens with zero attached hydrogens (tertiary/aromatic N) is 2. The van der Waals surface area contributed by atoms with E-state index in [1.54, 1.807) is 0 Å². The van der Waals surface area contributed by atoms with E-state index in [4.69, 9.17) is 0 Å². The highest BCUT2D eigenvalue weighted by Crippen LogP contribution is 2.50. The Kier molecular flexibility index (Phi) is 4.05. The highest BCUT2D eigenvalue weighted by molar-refractivity contribution is 5.81. The molecule has 0 aromatic carbocycles. The molecule has 0 radical (unpaired) electrons. The van der Waals surface area contributed by atoms with Crippen molar-refractivity contribution in [3.8, 4) is 0 Å². The van der Waals surface area contributed by atoms with Crippen LogP contribution in [0.4, 0.5) is 0 Å². The summed E-state index contributed by atoms with van der Waals surface area (Å²) in [6, 6.07) is 0. The van der Waals surface area contributed by atoms with Crippen LogP contribution in [0.2, 0.25) is 0 Å². The van der Waals surface area contributed by atoms with Crippen LogP contribution in [0, 0.1) is 35.5 Å². The van der Waals surface area contributed by atoms with Gasteiger partial charge in [-0.15, -0.1) is 0 Å². The van der Waals surface area contributed by atoms with Crippen LogP contribution < -0.4 is 0 Å². The zero-order chi connectivity index (χ0) is 17.0. The van der Waals surface area contributed by atoms with Gasteiger partial charge in [0.25, 0.3) is 0 Å². The lowest BCUT2D eigenvalue weighted by atomic mass is 9.87. The van der Waals surface area contributed by atoms with Crippen molar-refractivity contribution >= 4 is 11.8 Å². The van der Waals surface area contributed by atoms with E-state index < -0.39 is 0 Å². The fourth-order valence-electron chi connectivity index (χ4n) is 6.92. The molecule has 4 bridgehead atoms. The van der Waals surface area contributed by atoms with Crippen LogP contribution in [0.25, 0.3) is 0 Å². The van der Waals surface area contributed by atoms with Gasteiger partial charge in [-0.2, -0.15) is 0 Å². The van der Waals surface area contributed by atoms with E-state index in [1.165, 1.54) is 38.5 Å². The number of carbonyl (C=O) groups excluding carboxylic acids is 2. The Balaban J connectivity index is 1.19. The van der Waals surface area contributed by atoms with Crippen molar-refractivity contribution in [2.24, 2.45) is 35.5 Å². The Morgan fingerprint density at radius 3 is 1.44 bits per heavy atom. The first-order valence-electron chi connectivity index (χ1n) is 10.8. The highest BCUT2D eigenvalue weighted by Gasteiger charge is 2.46. The quantitative estimate of drug-likeness (QED) is 0.773. The Hall–Kier alpha value is -1.06. The smallest absolute Gasteiger partial charge is 0.226 e. The van der Waals surface area contributed by atoms with Crippen LogP contribution in [-0.4, -0.2) is 47.8 Å². The molecule has 1 aliphatic heterocycles. The number of rotatable bonds is 2. The third-order valence-corrected chi connectivity index (χ3v) is 8.23. The van der Waals surface area contributed by atoms with Crippen LogP contribution >= 0.6 is 0 Å². The molecule has 1 saturated heterocycles. The lowest BCUT2D eigenvalue weighted by molar-refractivity contribution is -0.139. The van der Waals surface area contributed by atoms with Crippen LogP contribution in [0.3, 0.4) is 0 Å². The topological polar surface area (TPSA) is 40.6 Å². The lowest BCUT2D eigenvalue weighted by Gasteiger charge is -2.30. The molecular formula is C21H32N2O2. The molecule has 25 heavy (non-hydrogen) atoms. The predicted molar refractivity (Wildman–Crippen MR) is 95.7 cm³/mol. The van der Waals surface area contributed by atoms with Gasteiger partial charge in [0.2, 0.25) is 11.8 Å². The third-order valence-electron chi connectivity index (χ3n) is 8.23. The van der Waals surface area contributed by atoms with Gasteiger partial charge in [0, 0.05) is 38.0 Å². The molecular weight excluding hydrogens is 312 g/mol. The second-order valence-corrected chi connectivity index (χ2v) is 9.57. The summed E-state index contributed by atoms with van der Waals surface area (Å²) in [6.45, 7) is 3.24. The van der Waals surface area contributed by atoms with Crippen molar-refractivity contribution in [3.05, 3.63) is 0 Å². The van der Waals surface area contributed by atoms with Gasteiger partial charge in [-0.05, 0) is 68.6 Å². The van der Waals surface area contributed by atoms with Crippen LogP contribution in [-0.2, 0) is 9.59 Å². The molecule has 0 aromatic heterocycles. The molecule has 4 saturated carbocycles. The van der Waals surface area contributed by atoms with Gasteiger partial charge in [-0.1, -0.05) is 12.8 Å². The second-order valence-electron chi connectivity index (χ2n) is 9.57. The normalized spacial score (nSPS) is 42.9. The molecule has 4 aliphatic carbocycles. The molecule has 4 nitrogen and oxygen atoms in total. The van der Waals surface area contributed by atoms with Crippen LogP contribution in [0.5, 0.6) is 0 Å². The zero-order valence-corrected chi connectivity index (χ0v) is 15.4. The minimum atomic E-state index is 0.298. The van der Waals surface area contributed by atoms with Crippen molar-refractivity contribution in [2.75, 3.05) is 26.2 Å². The maximum atomic E-state index is 13.0. The molecule has 138 valence electrons. The fraction of sp³-hybridized carbons (Fsp3) is 0.905. The predicted octanol–water partition coefficient (Wildman–Crippen LogP) is 2.92. The van der Waals surface area contributed by atoms with E-state index >= 15 is 0 Å². The van der Waals surface area contributed by atoms with Gasteiger partial charge < -0.3 is 9.80 Å². The molecule has 1 heterocycles. The van der Waals surface area contributed by atoms with E-state index in [1.807, 2.05) is 0 Å². The van der Waals surface area contributed by atoms with Crippen molar-refractivity contribution < 1.29 is 9.59 Å².